The third-order valence-electron chi connectivity index (χ3n) is 2.64. The molecule has 0 bridgehead atoms. The molecule has 18 heavy (non-hydrogen) atoms. The molecule has 1 aromatic rings. The van der Waals surface area contributed by atoms with Crippen molar-refractivity contribution in [3.8, 4) is 0 Å². The predicted octanol–water partition coefficient (Wildman–Crippen LogP) is 0.848. The molecule has 0 spiro atoms. The van der Waals surface area contributed by atoms with Gasteiger partial charge in [0.15, 0.2) is 5.78 Å². The lowest BCUT2D eigenvalue weighted by Crippen LogP contribution is -2.34. The van der Waals surface area contributed by atoms with Crippen LogP contribution in [0.3, 0.4) is 0 Å². The molecule has 0 aromatic carbocycles. The van der Waals surface area contributed by atoms with Gasteiger partial charge in [0.05, 0.1) is 6.61 Å². The average Bonchev–Trinajstić information content (AvgIpc) is 2.70. The lowest BCUT2D eigenvalue weighted by molar-refractivity contribution is 0.0733. The topological polar surface area (TPSA) is 62.5 Å². The van der Waals surface area contributed by atoms with Crippen molar-refractivity contribution in [1.29, 1.82) is 0 Å². The molecule has 1 amide bonds. The van der Waals surface area contributed by atoms with Crippen LogP contribution < -0.4 is 0 Å². The van der Waals surface area contributed by atoms with E-state index in [1.54, 1.807) is 30.0 Å². The Balaban J connectivity index is 3.00. The molecule has 0 fully saturated rings. The maximum absolute atomic E-state index is 12.2. The van der Waals surface area contributed by atoms with Gasteiger partial charge in [0, 0.05) is 31.9 Å². The number of Topliss-reactive ketones (excluding diaryl/α,β-unsaturated/α-hetero) is 1. The molecule has 1 heterocycles. The fourth-order valence-corrected chi connectivity index (χ4v) is 1.68. The van der Waals surface area contributed by atoms with Gasteiger partial charge in [0.2, 0.25) is 0 Å². The number of nitrogens with zero attached hydrogens (tertiary/aromatic N) is 2. The first-order valence-electron chi connectivity index (χ1n) is 5.69. The number of carbonyl (C=O) groups is 2. The van der Waals surface area contributed by atoms with Crippen molar-refractivity contribution < 1.29 is 14.7 Å². The molecule has 0 radical (unpaired) electrons. The first-order valence-corrected chi connectivity index (χ1v) is 5.69. The van der Waals surface area contributed by atoms with Crippen molar-refractivity contribution >= 4 is 11.7 Å². The van der Waals surface area contributed by atoms with Crippen LogP contribution in [0.1, 0.15) is 27.8 Å². The number of ketones is 1. The van der Waals surface area contributed by atoms with Gasteiger partial charge < -0.3 is 14.6 Å². The van der Waals surface area contributed by atoms with E-state index in [0.29, 0.717) is 17.8 Å². The molecule has 0 saturated heterocycles. The van der Waals surface area contributed by atoms with E-state index in [-0.39, 0.29) is 24.8 Å². The molecule has 0 unspecified atom stereocenters. The fourth-order valence-electron chi connectivity index (χ4n) is 1.68. The van der Waals surface area contributed by atoms with E-state index in [1.807, 2.05) is 0 Å². The number of hydrogen-bond acceptors (Lipinski definition) is 3. The van der Waals surface area contributed by atoms with E-state index in [9.17, 15) is 9.59 Å². The number of carbonyl (C=O) groups excluding carboxylic acids is 2. The minimum atomic E-state index is -0.223. The van der Waals surface area contributed by atoms with E-state index < -0.39 is 0 Å². The van der Waals surface area contributed by atoms with Crippen molar-refractivity contribution in [3.05, 3.63) is 36.2 Å². The summed E-state index contributed by atoms with van der Waals surface area (Å²) in [5, 5.41) is 8.93. The van der Waals surface area contributed by atoms with Crippen LogP contribution in [-0.2, 0) is 7.05 Å². The number of amides is 1. The van der Waals surface area contributed by atoms with E-state index in [0.717, 1.165) is 0 Å². The zero-order chi connectivity index (χ0) is 13.7. The molecular formula is C13H18N2O3. The number of aliphatic hydroxyl groups excluding tert-OH is 1. The molecule has 1 rings (SSSR count). The van der Waals surface area contributed by atoms with Crippen LogP contribution in [0.5, 0.6) is 0 Å². The molecule has 0 aliphatic heterocycles. The third kappa shape index (κ3) is 3.07. The Hall–Kier alpha value is -1.88. The van der Waals surface area contributed by atoms with Crippen molar-refractivity contribution in [2.45, 2.75) is 6.92 Å². The minimum Gasteiger partial charge on any atom is -0.395 e. The molecule has 0 aliphatic carbocycles. The molecule has 0 aliphatic rings. The van der Waals surface area contributed by atoms with Gasteiger partial charge in [-0.1, -0.05) is 6.08 Å². The van der Waals surface area contributed by atoms with Crippen molar-refractivity contribution in [3.63, 3.8) is 0 Å². The molecule has 5 heteroatoms. The molecule has 1 N–H and O–H groups in total. The van der Waals surface area contributed by atoms with Crippen LogP contribution in [0.4, 0.5) is 0 Å². The summed E-state index contributed by atoms with van der Waals surface area (Å²) in [5.41, 5.74) is 0.930. The van der Waals surface area contributed by atoms with Gasteiger partial charge in [-0.25, -0.2) is 0 Å². The van der Waals surface area contributed by atoms with Gasteiger partial charge in [-0.2, -0.15) is 0 Å². The first-order chi connectivity index (χ1) is 8.51. The number of aromatic nitrogens is 1. The fraction of sp³-hybridized carbons (Fsp3) is 0.385. The largest absolute Gasteiger partial charge is 0.395 e. The van der Waals surface area contributed by atoms with Crippen molar-refractivity contribution in [1.82, 2.24) is 9.47 Å². The van der Waals surface area contributed by atoms with Crippen LogP contribution in [0.2, 0.25) is 0 Å². The quantitative estimate of drug-likeness (QED) is 0.601. The summed E-state index contributed by atoms with van der Waals surface area (Å²) in [6.07, 6.45) is 3.23. The van der Waals surface area contributed by atoms with Gasteiger partial charge in [0.1, 0.15) is 5.69 Å². The number of hydrogen-bond donors (Lipinski definition) is 1. The van der Waals surface area contributed by atoms with Gasteiger partial charge >= 0.3 is 0 Å². The van der Waals surface area contributed by atoms with Crippen LogP contribution >= 0.6 is 0 Å². The Morgan fingerprint density at radius 1 is 1.56 bits per heavy atom. The second-order valence-corrected chi connectivity index (χ2v) is 4.04. The van der Waals surface area contributed by atoms with Crippen molar-refractivity contribution in [2.24, 2.45) is 7.05 Å². The molecular weight excluding hydrogens is 232 g/mol. The summed E-state index contributed by atoms with van der Waals surface area (Å²) in [6.45, 7) is 5.53. The molecule has 1 aromatic heterocycles. The Labute approximate surface area is 106 Å². The Bertz CT molecular complexity index is 463. The molecule has 98 valence electrons. The Kier molecular flexibility index (Phi) is 4.85. The number of aliphatic hydroxyl groups is 1. The van der Waals surface area contributed by atoms with E-state index in [1.165, 1.54) is 11.8 Å². The summed E-state index contributed by atoms with van der Waals surface area (Å²) >= 11 is 0. The normalized spacial score (nSPS) is 10.2. The zero-order valence-corrected chi connectivity index (χ0v) is 10.7. The van der Waals surface area contributed by atoms with Crippen LogP contribution in [-0.4, -0.2) is 46.0 Å². The Morgan fingerprint density at radius 3 is 2.67 bits per heavy atom. The summed E-state index contributed by atoms with van der Waals surface area (Å²) in [6, 6.07) is 1.57. The van der Waals surface area contributed by atoms with E-state index in [4.69, 9.17) is 5.11 Å². The summed E-state index contributed by atoms with van der Waals surface area (Å²) < 4.78 is 1.62. The maximum Gasteiger partial charge on any atom is 0.270 e. The second-order valence-electron chi connectivity index (χ2n) is 4.04. The highest BCUT2D eigenvalue weighted by atomic mass is 16.3. The van der Waals surface area contributed by atoms with Crippen LogP contribution in [0.25, 0.3) is 0 Å². The van der Waals surface area contributed by atoms with Gasteiger partial charge in [0.25, 0.3) is 5.91 Å². The molecule has 0 atom stereocenters. The second kappa shape index (κ2) is 6.16. The van der Waals surface area contributed by atoms with Gasteiger partial charge in [-0.05, 0) is 13.0 Å². The monoisotopic (exact) mass is 250 g/mol. The minimum absolute atomic E-state index is 0.0814. The number of aryl methyl sites for hydroxylation is 1. The first kappa shape index (κ1) is 14.2. The van der Waals surface area contributed by atoms with Gasteiger partial charge in [-0.3, -0.25) is 9.59 Å². The maximum atomic E-state index is 12.2. The highest BCUT2D eigenvalue weighted by molar-refractivity contribution is 5.99. The zero-order valence-electron chi connectivity index (χ0n) is 10.7. The summed E-state index contributed by atoms with van der Waals surface area (Å²) in [5.74, 6) is -0.305. The van der Waals surface area contributed by atoms with E-state index in [2.05, 4.69) is 6.58 Å². The van der Waals surface area contributed by atoms with Crippen LogP contribution in [0.15, 0.2) is 24.9 Å². The van der Waals surface area contributed by atoms with E-state index >= 15 is 0 Å². The summed E-state index contributed by atoms with van der Waals surface area (Å²) in [4.78, 5) is 25.0. The highest BCUT2D eigenvalue weighted by Gasteiger charge is 2.18. The number of rotatable bonds is 6. The lowest BCUT2D eigenvalue weighted by atomic mass is 10.2. The van der Waals surface area contributed by atoms with Crippen molar-refractivity contribution in [2.75, 3.05) is 19.7 Å². The van der Waals surface area contributed by atoms with Crippen LogP contribution in [0, 0.1) is 0 Å². The lowest BCUT2D eigenvalue weighted by Gasteiger charge is -2.20. The highest BCUT2D eigenvalue weighted by Crippen LogP contribution is 2.11. The third-order valence-corrected chi connectivity index (χ3v) is 2.64. The summed E-state index contributed by atoms with van der Waals surface area (Å²) in [7, 11) is 1.71. The smallest absolute Gasteiger partial charge is 0.270 e. The SMILES string of the molecule is C=CCN(CCO)C(=O)c1cc(C(C)=O)cn1C. The predicted molar refractivity (Wildman–Crippen MR) is 68.6 cm³/mol. The molecule has 5 nitrogen and oxygen atoms in total. The standard InChI is InChI=1S/C13H18N2O3/c1-4-5-15(6-7-16)13(18)12-8-11(10(2)17)9-14(12)3/h4,8-9,16H,1,5-7H2,2-3H3. The van der Waals surface area contributed by atoms with Gasteiger partial charge in [-0.15, -0.1) is 6.58 Å². The Morgan fingerprint density at radius 2 is 2.22 bits per heavy atom. The average molecular weight is 250 g/mol. The molecule has 0 saturated carbocycles.